The van der Waals surface area contributed by atoms with E-state index in [0.29, 0.717) is 0 Å². The van der Waals surface area contributed by atoms with E-state index in [0.717, 1.165) is 0 Å². The summed E-state index contributed by atoms with van der Waals surface area (Å²) in [5.41, 5.74) is 0. The molecule has 2 radical (unpaired) electrons. The summed E-state index contributed by atoms with van der Waals surface area (Å²) in [4.78, 5) is 0. The van der Waals surface area contributed by atoms with Gasteiger partial charge in [-0.3, -0.25) is 0 Å². The van der Waals surface area contributed by atoms with Crippen LogP contribution in [0, 0.1) is 0 Å². The zero-order chi connectivity index (χ0) is 4.83. The molecule has 0 aromatic rings. The molecule has 0 rings (SSSR count). The summed E-state index contributed by atoms with van der Waals surface area (Å²) in [7, 11) is 0. The van der Waals surface area contributed by atoms with Crippen molar-refractivity contribution >= 4 is 18.6 Å². The van der Waals surface area contributed by atoms with Gasteiger partial charge in [-0.1, -0.05) is 0 Å². The third-order valence-corrected chi connectivity index (χ3v) is 1.31. The summed E-state index contributed by atoms with van der Waals surface area (Å²) in [5.74, 6) is 0. The van der Waals surface area contributed by atoms with E-state index in [2.05, 4.69) is 27.2 Å². The average Bonchev–Trinajstić information content (AvgIpc) is 1.61. The number of allylic oxidation sites excluding steroid dienone is 2. The summed E-state index contributed by atoms with van der Waals surface area (Å²) >= 11 is 3.44. The van der Waals surface area contributed by atoms with E-state index in [1.54, 1.807) is 0 Å². The van der Waals surface area contributed by atoms with Crippen molar-refractivity contribution in [2.45, 2.75) is 0 Å². The molecule has 32 valence electrons. The van der Waals surface area contributed by atoms with Gasteiger partial charge >= 0.3 is 62.1 Å². The molecule has 0 atom stereocenters. The number of hydrogen-bond acceptors (Lipinski definition) is 0. The van der Waals surface area contributed by atoms with Crippen LogP contribution in [0.1, 0.15) is 0 Å². The van der Waals surface area contributed by atoms with E-state index in [1.165, 1.54) is 18.6 Å². The Morgan fingerprint density at radius 2 is 2.00 bits per heavy atom. The Kier molecular flexibility index (Phi) is 6.67. The summed E-state index contributed by atoms with van der Waals surface area (Å²) in [6.45, 7) is 0. The van der Waals surface area contributed by atoms with Crippen LogP contribution in [0.4, 0.5) is 0 Å². The number of halogens is 1. The standard InChI is InChI=1S/C4H4I.Ga.H/c1-2-3-4-5;;/h1-4H;;/q-1;;. The molecule has 0 aromatic heterocycles. The summed E-state index contributed by atoms with van der Waals surface area (Å²) in [5, 5.41) is 0. The summed E-state index contributed by atoms with van der Waals surface area (Å²) in [6, 6.07) is 0. The topological polar surface area (TPSA) is 0 Å². The summed E-state index contributed by atoms with van der Waals surface area (Å²) in [6.07, 6.45) is 4.07. The van der Waals surface area contributed by atoms with Crippen LogP contribution in [-0.2, 0) is 0 Å². The van der Waals surface area contributed by atoms with Crippen LogP contribution >= 0.6 is 0 Å². The maximum absolute atomic E-state index is 2.19. The minimum atomic E-state index is 1.25. The monoisotopic (exact) mass is 249 g/mol. The van der Waals surface area contributed by atoms with Crippen LogP contribution < -0.4 is 22.6 Å². The Morgan fingerprint density at radius 1 is 1.33 bits per heavy atom. The van der Waals surface area contributed by atoms with Crippen molar-refractivity contribution in [2.24, 2.45) is 0 Å². The molecule has 0 aromatic carbocycles. The van der Waals surface area contributed by atoms with E-state index in [4.69, 9.17) is 0 Å². The van der Waals surface area contributed by atoms with Gasteiger partial charge in [0.1, 0.15) is 0 Å². The van der Waals surface area contributed by atoms with Gasteiger partial charge in [-0.25, -0.2) is 0 Å². The molecule has 6 heavy (non-hydrogen) atoms. The molecule has 0 heterocycles. The van der Waals surface area contributed by atoms with Crippen LogP contribution in [0.25, 0.3) is 0 Å². The van der Waals surface area contributed by atoms with Crippen molar-refractivity contribution in [2.75, 3.05) is 0 Å². The normalized spacial score (nSPS) is 11.5. The Labute approximate surface area is 61.8 Å². The van der Waals surface area contributed by atoms with Crippen LogP contribution in [0.5, 0.6) is 0 Å². The predicted molar refractivity (Wildman–Crippen MR) is 25.4 cm³/mol. The first-order valence-electron chi connectivity index (χ1n) is 1.63. The van der Waals surface area contributed by atoms with Crippen LogP contribution in [0.3, 0.4) is 0 Å². The van der Waals surface area contributed by atoms with E-state index in [9.17, 15) is 0 Å². The number of rotatable bonds is 1. The quantitative estimate of drug-likeness (QED) is 0.273. The van der Waals surface area contributed by atoms with E-state index < -0.39 is 0 Å². The predicted octanol–water partition coefficient (Wildman–Crippen LogP) is -2.53. The van der Waals surface area contributed by atoms with Gasteiger partial charge < -0.3 is 0 Å². The molecule has 0 saturated carbocycles. The van der Waals surface area contributed by atoms with Crippen molar-refractivity contribution < 1.29 is 22.6 Å². The zero-order valence-electron chi connectivity index (χ0n) is 3.39. The van der Waals surface area contributed by atoms with Crippen molar-refractivity contribution in [1.82, 2.24) is 0 Å². The molecule has 0 aliphatic carbocycles. The molecular formula is C4H5GaI-. The molecule has 2 heteroatoms. The second-order valence-corrected chi connectivity index (χ2v) is 2.45. The zero-order valence-corrected chi connectivity index (χ0v) is 8.52. The van der Waals surface area contributed by atoms with Gasteiger partial charge in [0, 0.05) is 0 Å². The molecule has 0 nitrogen and oxygen atoms in total. The van der Waals surface area contributed by atoms with Gasteiger partial charge in [0.15, 0.2) is 0 Å². The van der Waals surface area contributed by atoms with Gasteiger partial charge in [0.25, 0.3) is 0 Å². The first-order valence-corrected chi connectivity index (χ1v) is 4.59. The minimum absolute atomic E-state index is 1.25. The molecule has 0 N–H and O–H groups in total. The van der Waals surface area contributed by atoms with E-state index in [1.807, 2.05) is 16.2 Å². The fraction of sp³-hybridized carbons (Fsp3) is 0. The van der Waals surface area contributed by atoms with Gasteiger partial charge in [-0.2, -0.15) is 0 Å². The van der Waals surface area contributed by atoms with Crippen LogP contribution in [0.15, 0.2) is 20.9 Å². The molecule has 0 amide bonds. The molecular weight excluding hydrogens is 245 g/mol. The van der Waals surface area contributed by atoms with Crippen LogP contribution in [-0.4, -0.2) is 18.6 Å². The van der Waals surface area contributed by atoms with E-state index in [-0.39, 0.29) is 0 Å². The van der Waals surface area contributed by atoms with Gasteiger partial charge in [-0.15, -0.1) is 0 Å². The van der Waals surface area contributed by atoms with E-state index >= 15 is 0 Å². The fourth-order valence-corrected chi connectivity index (χ4v) is 0.690. The Morgan fingerprint density at radius 3 is 2.17 bits per heavy atom. The maximum atomic E-state index is 2.19. The first-order chi connectivity index (χ1) is 2.91. The average molecular weight is 250 g/mol. The second kappa shape index (κ2) is 5.85. The Bertz CT molecular complexity index is 55.9. The molecule has 0 aliphatic heterocycles. The first kappa shape index (κ1) is 6.85. The third-order valence-electron chi connectivity index (χ3n) is 0.320. The number of hydrogen-bond donors (Lipinski definition) is 0. The van der Waals surface area contributed by atoms with Crippen molar-refractivity contribution in [3.8, 4) is 0 Å². The van der Waals surface area contributed by atoms with Gasteiger partial charge in [0.05, 0.1) is 0 Å². The molecule has 0 saturated heterocycles. The fourth-order valence-electron chi connectivity index (χ4n) is 0.121. The Balaban J connectivity index is 3.07. The Hall–Kier alpha value is 0.846. The van der Waals surface area contributed by atoms with Crippen molar-refractivity contribution in [3.63, 3.8) is 0 Å². The molecule has 0 aliphatic rings. The molecule has 0 bridgehead atoms. The summed E-state index contributed by atoms with van der Waals surface area (Å²) < 4.78 is 4.11. The van der Waals surface area contributed by atoms with Crippen LogP contribution in [0.2, 0.25) is 0 Å². The molecule has 0 spiro atoms. The van der Waals surface area contributed by atoms with Crippen molar-refractivity contribution in [1.29, 1.82) is 0 Å². The second-order valence-electron chi connectivity index (χ2n) is 0.747. The van der Waals surface area contributed by atoms with Gasteiger partial charge in [-0.05, 0) is 0 Å². The third kappa shape index (κ3) is 4.85. The van der Waals surface area contributed by atoms with Gasteiger partial charge in [0.2, 0.25) is 0 Å². The molecule has 0 unspecified atom stereocenters. The molecule has 0 fully saturated rings. The SMILES string of the molecule is [GaH][CH]=CC=C[I-]. The van der Waals surface area contributed by atoms with Crippen molar-refractivity contribution in [3.05, 3.63) is 20.9 Å².